The maximum absolute atomic E-state index is 12.1. The molecule has 0 aromatic carbocycles. The quantitative estimate of drug-likeness (QED) is 0.588. The molecule has 0 unspecified atom stereocenters. The highest BCUT2D eigenvalue weighted by atomic mass is 32.1. The second kappa shape index (κ2) is 3.05. The lowest BCUT2D eigenvalue weighted by Crippen LogP contribution is -2.20. The summed E-state index contributed by atoms with van der Waals surface area (Å²) in [7, 11) is 0. The number of carbonyl (C=O) groups excluding carboxylic acids is 2. The van der Waals surface area contributed by atoms with E-state index in [-0.39, 0.29) is 17.3 Å². The van der Waals surface area contributed by atoms with Crippen molar-refractivity contribution in [3.8, 4) is 0 Å². The molecular weight excluding hydrogens is 224 g/mol. The molecular formula is C11H6N2O2S. The second-order valence-corrected chi connectivity index (χ2v) is 4.30. The summed E-state index contributed by atoms with van der Waals surface area (Å²) in [6.07, 6.45) is 1.52. The zero-order chi connectivity index (χ0) is 11.3. The summed E-state index contributed by atoms with van der Waals surface area (Å²) in [5.41, 5.74) is 1.68. The molecule has 5 heteroatoms. The van der Waals surface area contributed by atoms with Crippen LogP contribution in [0.2, 0.25) is 0 Å². The predicted molar refractivity (Wildman–Crippen MR) is 58.0 cm³/mol. The average Bonchev–Trinajstić information content (AvgIpc) is 2.69. The number of pyridine rings is 1. The van der Waals surface area contributed by atoms with Crippen LogP contribution >= 0.6 is 11.5 Å². The molecule has 16 heavy (non-hydrogen) atoms. The lowest BCUT2D eigenvalue weighted by atomic mass is 9.92. The van der Waals surface area contributed by atoms with Crippen LogP contribution in [0.25, 0.3) is 0 Å². The lowest BCUT2D eigenvalue weighted by molar-refractivity contribution is 0.0978. The van der Waals surface area contributed by atoms with E-state index in [0.717, 1.165) is 11.5 Å². The van der Waals surface area contributed by atoms with E-state index in [0.29, 0.717) is 21.7 Å². The van der Waals surface area contributed by atoms with Gasteiger partial charge in [0.2, 0.25) is 5.78 Å². The largest absolute Gasteiger partial charge is 0.288 e. The van der Waals surface area contributed by atoms with Crippen molar-refractivity contribution in [2.75, 3.05) is 0 Å². The molecule has 0 fully saturated rings. The molecule has 0 bridgehead atoms. The monoisotopic (exact) mass is 230 g/mol. The van der Waals surface area contributed by atoms with Crippen molar-refractivity contribution in [2.45, 2.75) is 6.92 Å². The average molecular weight is 230 g/mol. The minimum Gasteiger partial charge on any atom is -0.288 e. The fourth-order valence-corrected chi connectivity index (χ4v) is 2.63. The third kappa shape index (κ3) is 1.03. The lowest BCUT2D eigenvalue weighted by Gasteiger charge is -2.11. The minimum absolute atomic E-state index is 0.149. The maximum Gasteiger partial charge on any atom is 0.224 e. The zero-order valence-corrected chi connectivity index (χ0v) is 9.17. The van der Waals surface area contributed by atoms with Gasteiger partial charge in [0.25, 0.3) is 0 Å². The molecule has 1 aliphatic rings. The molecule has 0 saturated heterocycles. The smallest absolute Gasteiger partial charge is 0.224 e. The summed E-state index contributed by atoms with van der Waals surface area (Å²) >= 11 is 1.07. The first-order valence-electron chi connectivity index (χ1n) is 4.71. The fourth-order valence-electron chi connectivity index (χ4n) is 1.80. The van der Waals surface area contributed by atoms with Crippen LogP contribution in [-0.4, -0.2) is 20.9 Å². The first kappa shape index (κ1) is 9.35. The topological polar surface area (TPSA) is 59.9 Å². The molecule has 2 heterocycles. The Bertz CT molecular complexity index is 631. The standard InChI is InChI=1S/C11H6N2O2S/c1-5-7-9(14)6-3-2-4-12-8(6)10(15)11(7)16-13-5/h2-4H,1H3. The first-order chi connectivity index (χ1) is 7.70. The van der Waals surface area contributed by atoms with Crippen LogP contribution in [0.5, 0.6) is 0 Å². The van der Waals surface area contributed by atoms with Crippen molar-refractivity contribution in [1.82, 2.24) is 9.36 Å². The minimum atomic E-state index is -0.198. The molecule has 0 radical (unpaired) electrons. The van der Waals surface area contributed by atoms with Crippen LogP contribution in [0.4, 0.5) is 0 Å². The van der Waals surface area contributed by atoms with Gasteiger partial charge in [0.15, 0.2) is 5.78 Å². The third-order valence-electron chi connectivity index (χ3n) is 2.56. The molecule has 2 aromatic rings. The Morgan fingerprint density at radius 1 is 1.25 bits per heavy atom. The van der Waals surface area contributed by atoms with E-state index in [1.54, 1.807) is 19.1 Å². The Morgan fingerprint density at radius 2 is 2.06 bits per heavy atom. The summed E-state index contributed by atoms with van der Waals surface area (Å²) in [6, 6.07) is 3.28. The number of nitrogens with zero attached hydrogens (tertiary/aromatic N) is 2. The Morgan fingerprint density at radius 3 is 2.88 bits per heavy atom. The predicted octanol–water partition coefficient (Wildman–Crippen LogP) is 1.62. The molecule has 1 aliphatic carbocycles. The van der Waals surface area contributed by atoms with E-state index in [2.05, 4.69) is 9.36 Å². The first-order valence-corrected chi connectivity index (χ1v) is 5.48. The fraction of sp³-hybridized carbons (Fsp3) is 0.0909. The molecule has 78 valence electrons. The molecule has 0 atom stereocenters. The summed E-state index contributed by atoms with van der Waals surface area (Å²) in [5.74, 6) is -0.347. The number of fused-ring (bicyclic) bond motifs is 2. The van der Waals surface area contributed by atoms with Crippen molar-refractivity contribution in [3.05, 3.63) is 45.7 Å². The SMILES string of the molecule is Cc1nsc2c1C(=O)c1cccnc1C2=O. The van der Waals surface area contributed by atoms with E-state index in [9.17, 15) is 9.59 Å². The van der Waals surface area contributed by atoms with Crippen LogP contribution < -0.4 is 0 Å². The molecule has 0 spiro atoms. The van der Waals surface area contributed by atoms with Crippen LogP contribution in [0.3, 0.4) is 0 Å². The molecule has 4 nitrogen and oxygen atoms in total. The van der Waals surface area contributed by atoms with Crippen molar-refractivity contribution in [1.29, 1.82) is 0 Å². The Kier molecular flexibility index (Phi) is 1.79. The summed E-state index contributed by atoms with van der Waals surface area (Å²) < 4.78 is 4.05. The summed E-state index contributed by atoms with van der Waals surface area (Å²) in [4.78, 5) is 28.5. The van der Waals surface area contributed by atoms with Gasteiger partial charge in [-0.2, -0.15) is 4.37 Å². The maximum atomic E-state index is 12.1. The third-order valence-corrected chi connectivity index (χ3v) is 3.50. The van der Waals surface area contributed by atoms with Crippen LogP contribution in [0.15, 0.2) is 18.3 Å². The molecule has 2 aromatic heterocycles. The van der Waals surface area contributed by atoms with Gasteiger partial charge in [-0.05, 0) is 30.6 Å². The van der Waals surface area contributed by atoms with E-state index in [1.165, 1.54) is 6.20 Å². The van der Waals surface area contributed by atoms with E-state index >= 15 is 0 Å². The Balaban J connectivity index is 2.36. The Hall–Kier alpha value is -1.88. The van der Waals surface area contributed by atoms with Gasteiger partial charge in [0.05, 0.1) is 16.8 Å². The highest BCUT2D eigenvalue weighted by molar-refractivity contribution is 7.09. The molecule has 3 rings (SSSR count). The van der Waals surface area contributed by atoms with Crippen molar-refractivity contribution in [3.63, 3.8) is 0 Å². The zero-order valence-electron chi connectivity index (χ0n) is 8.35. The van der Waals surface area contributed by atoms with Gasteiger partial charge in [0, 0.05) is 6.20 Å². The summed E-state index contributed by atoms with van der Waals surface area (Å²) in [6.45, 7) is 1.74. The number of aryl methyl sites for hydroxylation is 1. The number of hydrogen-bond acceptors (Lipinski definition) is 5. The normalized spacial score (nSPS) is 13.6. The number of aromatic nitrogens is 2. The Labute approximate surface area is 95.1 Å². The van der Waals surface area contributed by atoms with E-state index in [1.807, 2.05) is 0 Å². The van der Waals surface area contributed by atoms with Gasteiger partial charge >= 0.3 is 0 Å². The highest BCUT2D eigenvalue weighted by Gasteiger charge is 2.34. The summed E-state index contributed by atoms with van der Waals surface area (Å²) in [5, 5.41) is 0. The molecule has 0 amide bonds. The number of hydrogen-bond donors (Lipinski definition) is 0. The number of carbonyl (C=O) groups is 2. The van der Waals surface area contributed by atoms with Crippen molar-refractivity contribution < 1.29 is 9.59 Å². The van der Waals surface area contributed by atoms with Gasteiger partial charge in [-0.25, -0.2) is 0 Å². The number of ketones is 2. The van der Waals surface area contributed by atoms with E-state index in [4.69, 9.17) is 0 Å². The molecule has 0 aliphatic heterocycles. The molecule has 0 saturated carbocycles. The number of rotatable bonds is 0. The van der Waals surface area contributed by atoms with Gasteiger partial charge < -0.3 is 0 Å². The second-order valence-electron chi connectivity index (χ2n) is 3.53. The van der Waals surface area contributed by atoms with Gasteiger partial charge in [-0.1, -0.05) is 0 Å². The van der Waals surface area contributed by atoms with Crippen LogP contribution in [0.1, 0.15) is 37.0 Å². The van der Waals surface area contributed by atoms with Gasteiger partial charge in [-0.3, -0.25) is 14.6 Å². The van der Waals surface area contributed by atoms with Gasteiger partial charge in [-0.15, -0.1) is 0 Å². The van der Waals surface area contributed by atoms with Crippen LogP contribution in [0, 0.1) is 6.92 Å². The molecule has 0 N–H and O–H groups in total. The van der Waals surface area contributed by atoms with Crippen molar-refractivity contribution in [2.24, 2.45) is 0 Å². The van der Waals surface area contributed by atoms with Gasteiger partial charge in [0.1, 0.15) is 10.6 Å². The van der Waals surface area contributed by atoms with Crippen molar-refractivity contribution >= 4 is 23.1 Å². The van der Waals surface area contributed by atoms with Crippen LogP contribution in [-0.2, 0) is 0 Å². The van der Waals surface area contributed by atoms with E-state index < -0.39 is 0 Å². The highest BCUT2D eigenvalue weighted by Crippen LogP contribution is 2.30.